The van der Waals surface area contributed by atoms with Crippen molar-refractivity contribution in [3.05, 3.63) is 46.5 Å². The van der Waals surface area contributed by atoms with Gasteiger partial charge in [-0.15, -0.1) is 0 Å². The topological polar surface area (TPSA) is 84.1 Å². The normalized spacial score (nSPS) is 10.6. The molecule has 1 aromatic heterocycles. The minimum Gasteiger partial charge on any atom is -0.497 e. The van der Waals surface area contributed by atoms with Crippen molar-refractivity contribution in [3.63, 3.8) is 0 Å². The molecule has 0 saturated carbocycles. The molecule has 0 aliphatic heterocycles. The summed E-state index contributed by atoms with van der Waals surface area (Å²) in [6.45, 7) is 4.73. The van der Waals surface area contributed by atoms with Crippen molar-refractivity contribution in [1.29, 1.82) is 0 Å². The summed E-state index contributed by atoms with van der Waals surface area (Å²) in [5.41, 5.74) is 0.791. The van der Waals surface area contributed by atoms with E-state index in [0.717, 1.165) is 6.42 Å². The second-order valence-electron chi connectivity index (χ2n) is 5.66. The molecule has 6 heteroatoms. The van der Waals surface area contributed by atoms with Gasteiger partial charge in [-0.2, -0.15) is 4.98 Å². The molecule has 0 atom stereocenters. The molecule has 1 aromatic carbocycles. The number of rotatable bonds is 6. The van der Waals surface area contributed by atoms with Gasteiger partial charge in [0.15, 0.2) is 0 Å². The molecule has 0 fully saturated rings. The Labute approximate surface area is 134 Å². The molecule has 0 spiro atoms. The van der Waals surface area contributed by atoms with Crippen LogP contribution in [-0.4, -0.2) is 29.5 Å². The highest BCUT2D eigenvalue weighted by Gasteiger charge is 2.11. The Morgan fingerprint density at radius 1 is 1.35 bits per heavy atom. The van der Waals surface area contributed by atoms with Crippen LogP contribution >= 0.6 is 0 Å². The maximum Gasteiger partial charge on any atom is 0.346 e. The molecular weight excluding hydrogens is 294 g/mol. The van der Waals surface area contributed by atoms with E-state index in [-0.39, 0.29) is 11.6 Å². The molecule has 23 heavy (non-hydrogen) atoms. The predicted octanol–water partition coefficient (Wildman–Crippen LogP) is 2.22. The lowest BCUT2D eigenvalue weighted by atomic mass is 10.1. The Morgan fingerprint density at radius 2 is 2.13 bits per heavy atom. The second kappa shape index (κ2) is 7.58. The Morgan fingerprint density at radius 3 is 2.83 bits per heavy atom. The summed E-state index contributed by atoms with van der Waals surface area (Å²) in [5, 5.41) is 2.80. The number of nitrogens with one attached hydrogen (secondary N) is 2. The Hall–Kier alpha value is -2.63. The first-order valence-electron chi connectivity index (χ1n) is 7.53. The zero-order valence-electron chi connectivity index (χ0n) is 13.6. The van der Waals surface area contributed by atoms with Crippen molar-refractivity contribution in [2.75, 3.05) is 13.7 Å². The fourth-order valence-corrected chi connectivity index (χ4v) is 2.08. The molecule has 0 radical (unpaired) electrons. The van der Waals surface area contributed by atoms with Gasteiger partial charge in [-0.1, -0.05) is 26.0 Å². The van der Waals surface area contributed by atoms with Gasteiger partial charge in [-0.3, -0.25) is 4.79 Å². The highest BCUT2D eigenvalue weighted by atomic mass is 16.5. The summed E-state index contributed by atoms with van der Waals surface area (Å²) in [5.74, 6) is 0.848. The van der Waals surface area contributed by atoms with E-state index >= 15 is 0 Å². The third-order valence-electron chi connectivity index (χ3n) is 3.36. The molecule has 2 N–H and O–H groups in total. The molecule has 2 rings (SSSR count). The van der Waals surface area contributed by atoms with Crippen molar-refractivity contribution in [2.24, 2.45) is 5.92 Å². The number of carbonyl (C=O) groups is 1. The van der Waals surface area contributed by atoms with Crippen molar-refractivity contribution in [2.45, 2.75) is 20.3 Å². The Bertz CT molecular complexity index is 738. The highest BCUT2D eigenvalue weighted by molar-refractivity contribution is 5.93. The van der Waals surface area contributed by atoms with Crippen molar-refractivity contribution < 1.29 is 9.53 Å². The van der Waals surface area contributed by atoms with E-state index in [0.29, 0.717) is 29.5 Å². The average Bonchev–Trinajstić information content (AvgIpc) is 2.54. The summed E-state index contributed by atoms with van der Waals surface area (Å²) < 4.78 is 5.17. The summed E-state index contributed by atoms with van der Waals surface area (Å²) in [4.78, 5) is 30.3. The fourth-order valence-electron chi connectivity index (χ4n) is 2.08. The molecule has 122 valence electrons. The van der Waals surface area contributed by atoms with Crippen LogP contribution < -0.4 is 15.7 Å². The van der Waals surface area contributed by atoms with Gasteiger partial charge in [0, 0.05) is 12.1 Å². The SMILES string of the molecule is COc1cccc(-c2cc(C(=O)NCCC(C)C)[nH]c(=O)n2)c1. The van der Waals surface area contributed by atoms with E-state index in [4.69, 9.17) is 4.74 Å². The van der Waals surface area contributed by atoms with Crippen LogP contribution in [0.25, 0.3) is 11.3 Å². The first-order chi connectivity index (χ1) is 11.0. The fraction of sp³-hybridized carbons (Fsp3) is 0.353. The summed E-state index contributed by atoms with van der Waals surface area (Å²) in [6.07, 6.45) is 0.879. The molecule has 0 saturated heterocycles. The smallest absolute Gasteiger partial charge is 0.346 e. The standard InChI is InChI=1S/C17H21N3O3/c1-11(2)7-8-18-16(21)15-10-14(19-17(22)20-15)12-5-4-6-13(9-12)23-3/h4-6,9-11H,7-8H2,1-3H3,(H,18,21)(H,19,20,22). The minimum absolute atomic E-state index is 0.201. The maximum atomic E-state index is 12.2. The summed E-state index contributed by atoms with van der Waals surface area (Å²) >= 11 is 0. The van der Waals surface area contributed by atoms with Gasteiger partial charge in [-0.05, 0) is 30.5 Å². The van der Waals surface area contributed by atoms with Gasteiger partial charge in [0.2, 0.25) is 0 Å². The van der Waals surface area contributed by atoms with Gasteiger partial charge in [0.1, 0.15) is 11.4 Å². The van der Waals surface area contributed by atoms with E-state index < -0.39 is 5.69 Å². The lowest BCUT2D eigenvalue weighted by Crippen LogP contribution is -2.28. The number of aromatic nitrogens is 2. The van der Waals surface area contributed by atoms with E-state index in [1.54, 1.807) is 31.4 Å². The van der Waals surface area contributed by atoms with Crippen LogP contribution in [0.15, 0.2) is 35.1 Å². The average molecular weight is 315 g/mol. The molecule has 2 aromatic rings. The zero-order chi connectivity index (χ0) is 16.8. The summed E-state index contributed by atoms with van der Waals surface area (Å²) in [6, 6.07) is 8.75. The monoisotopic (exact) mass is 315 g/mol. The number of nitrogens with zero attached hydrogens (tertiary/aromatic N) is 1. The van der Waals surface area contributed by atoms with E-state index in [1.807, 2.05) is 6.07 Å². The molecule has 0 bridgehead atoms. The van der Waals surface area contributed by atoms with E-state index in [1.165, 1.54) is 0 Å². The summed E-state index contributed by atoms with van der Waals surface area (Å²) in [7, 11) is 1.57. The van der Waals surface area contributed by atoms with Crippen LogP contribution in [0.5, 0.6) is 5.75 Å². The zero-order valence-corrected chi connectivity index (χ0v) is 13.6. The van der Waals surface area contributed by atoms with Crippen LogP contribution in [0.4, 0.5) is 0 Å². The maximum absolute atomic E-state index is 12.2. The van der Waals surface area contributed by atoms with Crippen LogP contribution in [0.2, 0.25) is 0 Å². The van der Waals surface area contributed by atoms with Crippen molar-refractivity contribution in [1.82, 2.24) is 15.3 Å². The number of ether oxygens (including phenoxy) is 1. The number of amides is 1. The highest BCUT2D eigenvalue weighted by Crippen LogP contribution is 2.21. The number of carbonyl (C=O) groups excluding carboxylic acids is 1. The van der Waals surface area contributed by atoms with Crippen molar-refractivity contribution >= 4 is 5.91 Å². The minimum atomic E-state index is -0.556. The molecule has 0 unspecified atom stereocenters. The molecule has 1 amide bonds. The van der Waals surface area contributed by atoms with Crippen LogP contribution in [0, 0.1) is 5.92 Å². The number of benzene rings is 1. The molecule has 6 nitrogen and oxygen atoms in total. The molecule has 1 heterocycles. The number of hydrogen-bond acceptors (Lipinski definition) is 4. The largest absolute Gasteiger partial charge is 0.497 e. The lowest BCUT2D eigenvalue weighted by Gasteiger charge is -2.08. The molecular formula is C17H21N3O3. The third-order valence-corrected chi connectivity index (χ3v) is 3.36. The first kappa shape index (κ1) is 16.7. The molecule has 0 aliphatic carbocycles. The van der Waals surface area contributed by atoms with Gasteiger partial charge in [0.05, 0.1) is 12.8 Å². The third kappa shape index (κ3) is 4.67. The number of aromatic amines is 1. The Balaban J connectivity index is 2.24. The van der Waals surface area contributed by atoms with Gasteiger partial charge in [0.25, 0.3) is 5.91 Å². The number of H-pyrrole nitrogens is 1. The molecule has 0 aliphatic rings. The van der Waals surface area contributed by atoms with Gasteiger partial charge >= 0.3 is 5.69 Å². The predicted molar refractivity (Wildman–Crippen MR) is 88.6 cm³/mol. The quantitative estimate of drug-likeness (QED) is 0.856. The second-order valence-corrected chi connectivity index (χ2v) is 5.66. The van der Waals surface area contributed by atoms with Gasteiger partial charge < -0.3 is 15.0 Å². The first-order valence-corrected chi connectivity index (χ1v) is 7.53. The van der Waals surface area contributed by atoms with Gasteiger partial charge in [-0.25, -0.2) is 4.79 Å². The van der Waals surface area contributed by atoms with Crippen molar-refractivity contribution in [3.8, 4) is 17.0 Å². The van der Waals surface area contributed by atoms with Crippen LogP contribution in [0.1, 0.15) is 30.8 Å². The number of hydrogen-bond donors (Lipinski definition) is 2. The van der Waals surface area contributed by atoms with E-state index in [2.05, 4.69) is 29.1 Å². The van der Waals surface area contributed by atoms with Crippen LogP contribution in [-0.2, 0) is 0 Å². The van der Waals surface area contributed by atoms with E-state index in [9.17, 15) is 9.59 Å². The Kier molecular flexibility index (Phi) is 5.51. The lowest BCUT2D eigenvalue weighted by molar-refractivity contribution is 0.0946. The number of methoxy groups -OCH3 is 1. The van der Waals surface area contributed by atoms with Crippen LogP contribution in [0.3, 0.4) is 0 Å².